The molecule has 1 aliphatic heterocycles. The van der Waals surface area contributed by atoms with Gasteiger partial charge in [-0.2, -0.15) is 0 Å². The van der Waals surface area contributed by atoms with Crippen LogP contribution in [0.4, 0.5) is 0 Å². The lowest BCUT2D eigenvalue weighted by molar-refractivity contribution is 0.111. The van der Waals surface area contributed by atoms with E-state index in [4.69, 9.17) is 9.47 Å². The lowest BCUT2D eigenvalue weighted by Crippen LogP contribution is -2.23. The van der Waals surface area contributed by atoms with Gasteiger partial charge in [0.2, 0.25) is 0 Å². The van der Waals surface area contributed by atoms with Crippen molar-refractivity contribution in [3.63, 3.8) is 0 Å². The van der Waals surface area contributed by atoms with E-state index in [2.05, 4.69) is 22.0 Å². The Balaban J connectivity index is 1.56. The number of rotatable bonds is 6. The maximum atomic E-state index is 10.9. The van der Waals surface area contributed by atoms with Gasteiger partial charge in [-0.25, -0.2) is 0 Å². The SMILES string of the molecule is COc1ccnc(CN2C[C@@H](O)[C@@]3(C2)[C@H](CO)[C@H]3c2ccccc2)c1OC. The molecule has 2 fully saturated rings. The highest BCUT2D eigenvalue weighted by Crippen LogP contribution is 2.68. The number of aliphatic hydroxyl groups is 2. The molecule has 1 aliphatic carbocycles. The van der Waals surface area contributed by atoms with Crippen molar-refractivity contribution in [2.24, 2.45) is 11.3 Å². The van der Waals surface area contributed by atoms with E-state index in [0.29, 0.717) is 24.6 Å². The Bertz CT molecular complexity index is 800. The molecule has 0 amide bonds. The summed E-state index contributed by atoms with van der Waals surface area (Å²) in [6.07, 6.45) is 1.23. The summed E-state index contributed by atoms with van der Waals surface area (Å²) in [5.74, 6) is 1.55. The third kappa shape index (κ3) is 2.88. The highest BCUT2D eigenvalue weighted by molar-refractivity contribution is 5.43. The van der Waals surface area contributed by atoms with Crippen LogP contribution in [0.2, 0.25) is 0 Å². The van der Waals surface area contributed by atoms with E-state index in [1.807, 2.05) is 18.2 Å². The number of benzene rings is 1. The van der Waals surface area contributed by atoms with Crippen molar-refractivity contribution in [3.8, 4) is 11.5 Å². The number of pyridine rings is 1. The molecule has 1 spiro atoms. The van der Waals surface area contributed by atoms with Crippen LogP contribution in [0.15, 0.2) is 42.6 Å². The van der Waals surface area contributed by atoms with Gasteiger partial charge in [-0.1, -0.05) is 30.3 Å². The second-order valence-corrected chi connectivity index (χ2v) is 7.47. The van der Waals surface area contributed by atoms with Gasteiger partial charge in [0, 0.05) is 43.9 Å². The molecule has 1 saturated heterocycles. The summed E-state index contributed by atoms with van der Waals surface area (Å²) in [5.41, 5.74) is 1.69. The van der Waals surface area contributed by atoms with E-state index in [9.17, 15) is 10.2 Å². The molecule has 1 aromatic heterocycles. The third-order valence-electron chi connectivity index (χ3n) is 6.21. The molecule has 2 N–H and O–H groups in total. The van der Waals surface area contributed by atoms with Gasteiger partial charge in [-0.05, 0) is 17.4 Å². The lowest BCUT2D eigenvalue weighted by Gasteiger charge is -2.18. The van der Waals surface area contributed by atoms with Crippen LogP contribution >= 0.6 is 0 Å². The summed E-state index contributed by atoms with van der Waals surface area (Å²) < 4.78 is 10.8. The minimum Gasteiger partial charge on any atom is -0.493 e. The van der Waals surface area contributed by atoms with Crippen LogP contribution in [-0.4, -0.2) is 60.1 Å². The standard InChI is InChI=1S/C21H26N2O4/c1-26-17-8-9-22-16(20(17)27-2)10-23-11-18(25)21(13-23)15(12-24)19(21)14-6-4-3-5-7-14/h3-9,15,18-19,24-25H,10-13H2,1-2H3/t15-,18-,19-,21-/m1/s1. The zero-order chi connectivity index (χ0) is 19.0. The van der Waals surface area contributed by atoms with Crippen molar-refractivity contribution in [1.29, 1.82) is 0 Å². The molecule has 0 bridgehead atoms. The largest absolute Gasteiger partial charge is 0.493 e. The normalized spacial score (nSPS) is 29.9. The van der Waals surface area contributed by atoms with Crippen LogP contribution in [0.25, 0.3) is 0 Å². The molecule has 144 valence electrons. The second-order valence-electron chi connectivity index (χ2n) is 7.47. The monoisotopic (exact) mass is 370 g/mol. The average Bonchev–Trinajstić information content (AvgIpc) is 3.24. The summed E-state index contributed by atoms with van der Waals surface area (Å²) in [5, 5.41) is 20.8. The van der Waals surface area contributed by atoms with Gasteiger partial charge >= 0.3 is 0 Å². The molecule has 4 rings (SSSR count). The van der Waals surface area contributed by atoms with Crippen LogP contribution in [0, 0.1) is 11.3 Å². The fraction of sp³-hybridized carbons (Fsp3) is 0.476. The number of nitrogens with zero attached hydrogens (tertiary/aromatic N) is 2. The number of β-amino-alcohol motifs (C(OH)–C–C–N with tert-alkyl or cyclic N) is 1. The van der Waals surface area contributed by atoms with E-state index in [-0.39, 0.29) is 23.9 Å². The first-order valence-electron chi connectivity index (χ1n) is 9.27. The molecule has 6 heteroatoms. The topological polar surface area (TPSA) is 75.1 Å². The zero-order valence-corrected chi connectivity index (χ0v) is 15.7. The van der Waals surface area contributed by atoms with Gasteiger partial charge in [-0.3, -0.25) is 9.88 Å². The Hall–Kier alpha value is -2.15. The number of aromatic nitrogens is 1. The van der Waals surface area contributed by atoms with E-state index in [1.54, 1.807) is 26.5 Å². The quantitative estimate of drug-likeness (QED) is 0.806. The summed E-state index contributed by atoms with van der Waals surface area (Å²) >= 11 is 0. The molecule has 4 atom stereocenters. The summed E-state index contributed by atoms with van der Waals surface area (Å²) in [7, 11) is 3.22. The number of hydrogen-bond acceptors (Lipinski definition) is 6. The summed E-state index contributed by atoms with van der Waals surface area (Å²) in [6.45, 7) is 1.94. The average molecular weight is 370 g/mol. The van der Waals surface area contributed by atoms with Gasteiger partial charge < -0.3 is 19.7 Å². The fourth-order valence-corrected chi connectivity index (χ4v) is 4.96. The number of methoxy groups -OCH3 is 2. The second kappa shape index (κ2) is 7.11. The molecule has 0 unspecified atom stereocenters. The van der Waals surface area contributed by atoms with Crippen molar-refractivity contribution >= 4 is 0 Å². The van der Waals surface area contributed by atoms with Gasteiger partial charge in [0.1, 0.15) is 5.69 Å². The van der Waals surface area contributed by atoms with E-state index < -0.39 is 6.10 Å². The van der Waals surface area contributed by atoms with Gasteiger partial charge in [0.15, 0.2) is 11.5 Å². The molecule has 6 nitrogen and oxygen atoms in total. The first-order valence-corrected chi connectivity index (χ1v) is 9.27. The minimum absolute atomic E-state index is 0.0834. The van der Waals surface area contributed by atoms with Crippen molar-refractivity contribution < 1.29 is 19.7 Å². The van der Waals surface area contributed by atoms with E-state index >= 15 is 0 Å². The molecule has 2 heterocycles. The summed E-state index contributed by atoms with van der Waals surface area (Å²) in [6, 6.07) is 12.0. The number of hydrogen-bond donors (Lipinski definition) is 2. The lowest BCUT2D eigenvalue weighted by atomic mass is 9.95. The van der Waals surface area contributed by atoms with Crippen LogP contribution in [0.1, 0.15) is 17.2 Å². The third-order valence-corrected chi connectivity index (χ3v) is 6.21. The molecular weight excluding hydrogens is 344 g/mol. The molecule has 0 radical (unpaired) electrons. The highest BCUT2D eigenvalue weighted by atomic mass is 16.5. The van der Waals surface area contributed by atoms with Crippen molar-refractivity contribution in [1.82, 2.24) is 9.88 Å². The van der Waals surface area contributed by atoms with Crippen LogP contribution in [0.3, 0.4) is 0 Å². The van der Waals surface area contributed by atoms with Crippen LogP contribution < -0.4 is 9.47 Å². The van der Waals surface area contributed by atoms with Gasteiger partial charge in [-0.15, -0.1) is 0 Å². The Morgan fingerprint density at radius 2 is 1.96 bits per heavy atom. The Morgan fingerprint density at radius 3 is 2.63 bits per heavy atom. The van der Waals surface area contributed by atoms with Gasteiger partial charge in [0.25, 0.3) is 0 Å². The zero-order valence-electron chi connectivity index (χ0n) is 15.7. The minimum atomic E-state index is -0.476. The van der Waals surface area contributed by atoms with Crippen molar-refractivity contribution in [2.45, 2.75) is 18.6 Å². The van der Waals surface area contributed by atoms with E-state index in [1.165, 1.54) is 5.56 Å². The van der Waals surface area contributed by atoms with Crippen LogP contribution in [0.5, 0.6) is 11.5 Å². The molecular formula is C21H26N2O4. The Kier molecular flexibility index (Phi) is 4.80. The Morgan fingerprint density at radius 1 is 1.19 bits per heavy atom. The first-order chi connectivity index (χ1) is 13.2. The molecule has 1 saturated carbocycles. The highest BCUT2D eigenvalue weighted by Gasteiger charge is 2.70. The van der Waals surface area contributed by atoms with E-state index in [0.717, 1.165) is 12.2 Å². The molecule has 1 aromatic carbocycles. The maximum absolute atomic E-state index is 10.9. The summed E-state index contributed by atoms with van der Waals surface area (Å²) in [4.78, 5) is 6.65. The molecule has 2 aromatic rings. The van der Waals surface area contributed by atoms with Crippen molar-refractivity contribution in [3.05, 3.63) is 53.9 Å². The Labute approximate surface area is 159 Å². The van der Waals surface area contributed by atoms with Crippen LogP contribution in [-0.2, 0) is 6.54 Å². The predicted octanol–water partition coefficient (Wildman–Crippen LogP) is 1.67. The maximum Gasteiger partial charge on any atom is 0.183 e. The van der Waals surface area contributed by atoms with Crippen molar-refractivity contribution in [2.75, 3.05) is 33.9 Å². The number of likely N-dealkylation sites (tertiary alicyclic amines) is 1. The first kappa shape index (κ1) is 18.2. The molecule has 27 heavy (non-hydrogen) atoms. The fourth-order valence-electron chi connectivity index (χ4n) is 4.96. The van der Waals surface area contributed by atoms with Gasteiger partial charge in [0.05, 0.1) is 20.3 Å². The predicted molar refractivity (Wildman–Crippen MR) is 101 cm³/mol. The number of aliphatic hydroxyl groups excluding tert-OH is 2. The number of ether oxygens (including phenoxy) is 2. The molecule has 2 aliphatic rings. The smallest absolute Gasteiger partial charge is 0.183 e.